The number of rotatable bonds is 6. The average molecular weight is 331 g/mol. The minimum atomic E-state index is -0.0487. The molecule has 1 aliphatic carbocycles. The zero-order valence-electron chi connectivity index (χ0n) is 13.4. The summed E-state index contributed by atoms with van der Waals surface area (Å²) in [6.07, 6.45) is 2.41. The number of aromatic nitrogens is 2. The number of hydrogen-bond donors (Lipinski definition) is 1. The average Bonchev–Trinajstić information content (AvgIpc) is 3.38. The molecule has 122 valence electrons. The molecule has 1 fully saturated rings. The van der Waals surface area contributed by atoms with Crippen molar-refractivity contribution in [2.75, 3.05) is 5.75 Å². The van der Waals surface area contributed by atoms with Gasteiger partial charge in [-0.05, 0) is 44.7 Å². The summed E-state index contributed by atoms with van der Waals surface area (Å²) in [6.45, 7) is 4.51. The molecule has 0 aliphatic heterocycles. The van der Waals surface area contributed by atoms with E-state index in [1.165, 1.54) is 24.6 Å². The molecule has 0 saturated heterocycles. The molecular weight excluding hydrogens is 310 g/mol. The van der Waals surface area contributed by atoms with Crippen molar-refractivity contribution in [3.63, 3.8) is 0 Å². The first kappa shape index (κ1) is 16.1. The molecule has 0 bridgehead atoms. The van der Waals surface area contributed by atoms with E-state index in [2.05, 4.69) is 17.2 Å². The Balaban J connectivity index is 1.76. The van der Waals surface area contributed by atoms with E-state index in [0.29, 0.717) is 28.5 Å². The van der Waals surface area contributed by atoms with Gasteiger partial charge in [0.15, 0.2) is 5.16 Å². The molecule has 1 aliphatic rings. The molecule has 5 nitrogen and oxygen atoms in total. The lowest BCUT2D eigenvalue weighted by molar-refractivity contribution is -0.119. The summed E-state index contributed by atoms with van der Waals surface area (Å²) in [7, 11) is 0. The standard InChI is InChI=1S/C17H21N3O2S/c1-3-20-16(22)13-6-4-5-7-14(13)19-17(20)23-10-15(21)18-11(2)12-8-9-12/h4-7,11-12H,3,8-10H2,1-2H3,(H,18,21). The highest BCUT2D eigenvalue weighted by molar-refractivity contribution is 7.99. The van der Waals surface area contributed by atoms with Gasteiger partial charge in [0.05, 0.1) is 16.7 Å². The number of hydrogen-bond acceptors (Lipinski definition) is 4. The van der Waals surface area contributed by atoms with E-state index in [1.54, 1.807) is 10.6 Å². The Bertz CT molecular complexity index is 783. The van der Waals surface area contributed by atoms with E-state index in [-0.39, 0.29) is 23.3 Å². The fraction of sp³-hybridized carbons (Fsp3) is 0.471. The molecule has 1 unspecified atom stereocenters. The first-order chi connectivity index (χ1) is 11.1. The normalized spacial score (nSPS) is 15.6. The van der Waals surface area contributed by atoms with Gasteiger partial charge >= 0.3 is 0 Å². The summed E-state index contributed by atoms with van der Waals surface area (Å²) in [6, 6.07) is 7.56. The van der Waals surface area contributed by atoms with Gasteiger partial charge in [0.25, 0.3) is 5.56 Å². The first-order valence-electron chi connectivity index (χ1n) is 8.02. The fourth-order valence-electron chi connectivity index (χ4n) is 2.68. The minimum Gasteiger partial charge on any atom is -0.353 e. The Hall–Kier alpha value is -1.82. The summed E-state index contributed by atoms with van der Waals surface area (Å²) in [5.41, 5.74) is 0.629. The number of benzene rings is 1. The molecule has 0 radical (unpaired) electrons. The van der Waals surface area contributed by atoms with E-state index in [9.17, 15) is 9.59 Å². The molecule has 3 rings (SSSR count). The van der Waals surface area contributed by atoms with Gasteiger partial charge in [-0.15, -0.1) is 0 Å². The third-order valence-corrected chi connectivity index (χ3v) is 5.17. The van der Waals surface area contributed by atoms with Crippen LogP contribution in [0.5, 0.6) is 0 Å². The Kier molecular flexibility index (Phi) is 4.71. The zero-order valence-corrected chi connectivity index (χ0v) is 14.2. The van der Waals surface area contributed by atoms with Gasteiger partial charge in [0, 0.05) is 12.6 Å². The van der Waals surface area contributed by atoms with Crippen LogP contribution in [0.15, 0.2) is 34.2 Å². The minimum absolute atomic E-state index is 0.000499. The molecule has 0 spiro atoms. The van der Waals surface area contributed by atoms with E-state index < -0.39 is 0 Å². The number of thioether (sulfide) groups is 1. The molecule has 23 heavy (non-hydrogen) atoms. The molecule has 1 aromatic heterocycles. The highest BCUT2D eigenvalue weighted by Gasteiger charge is 2.28. The molecule has 2 aromatic rings. The van der Waals surface area contributed by atoms with Crippen molar-refractivity contribution in [2.45, 2.75) is 44.4 Å². The molecule has 6 heteroatoms. The lowest BCUT2D eigenvalue weighted by atomic mass is 10.2. The number of carbonyl (C=O) groups is 1. The lowest BCUT2D eigenvalue weighted by Gasteiger charge is -2.14. The predicted molar refractivity (Wildman–Crippen MR) is 92.7 cm³/mol. The van der Waals surface area contributed by atoms with Gasteiger partial charge in [-0.25, -0.2) is 4.98 Å². The third kappa shape index (κ3) is 3.58. The summed E-state index contributed by atoms with van der Waals surface area (Å²) < 4.78 is 1.63. The number of fused-ring (bicyclic) bond motifs is 1. The monoisotopic (exact) mass is 331 g/mol. The van der Waals surface area contributed by atoms with Crippen molar-refractivity contribution in [2.24, 2.45) is 5.92 Å². The molecule has 1 saturated carbocycles. The van der Waals surface area contributed by atoms with E-state index in [4.69, 9.17) is 0 Å². The lowest BCUT2D eigenvalue weighted by Crippen LogP contribution is -2.35. The second kappa shape index (κ2) is 6.74. The highest BCUT2D eigenvalue weighted by atomic mass is 32.2. The van der Waals surface area contributed by atoms with Crippen LogP contribution in [0.3, 0.4) is 0 Å². The number of carbonyl (C=O) groups excluding carboxylic acids is 1. The number of nitrogens with one attached hydrogen (secondary N) is 1. The van der Waals surface area contributed by atoms with Crippen molar-refractivity contribution in [1.82, 2.24) is 14.9 Å². The highest BCUT2D eigenvalue weighted by Crippen LogP contribution is 2.32. The number of nitrogens with zero attached hydrogens (tertiary/aromatic N) is 2. The zero-order chi connectivity index (χ0) is 16.4. The molecule has 1 N–H and O–H groups in total. The molecule has 1 heterocycles. The van der Waals surface area contributed by atoms with Crippen LogP contribution in [0.25, 0.3) is 10.9 Å². The SMILES string of the molecule is CCn1c(SCC(=O)NC(C)C2CC2)nc2ccccc2c1=O. The topological polar surface area (TPSA) is 64.0 Å². The summed E-state index contributed by atoms with van der Waals surface area (Å²) in [5, 5.41) is 4.24. The van der Waals surface area contributed by atoms with Gasteiger partial charge in [-0.3, -0.25) is 14.2 Å². The van der Waals surface area contributed by atoms with Crippen LogP contribution in [0.2, 0.25) is 0 Å². The van der Waals surface area contributed by atoms with E-state index in [0.717, 1.165) is 0 Å². The Morgan fingerprint density at radius 2 is 2.17 bits per heavy atom. The van der Waals surface area contributed by atoms with Gasteiger partial charge in [-0.1, -0.05) is 23.9 Å². The fourth-order valence-corrected chi connectivity index (χ4v) is 3.55. The van der Waals surface area contributed by atoms with Crippen LogP contribution < -0.4 is 10.9 Å². The van der Waals surface area contributed by atoms with Crippen molar-refractivity contribution in [1.29, 1.82) is 0 Å². The summed E-state index contributed by atoms with van der Waals surface area (Å²) >= 11 is 1.32. The maximum Gasteiger partial charge on any atom is 0.262 e. The van der Waals surface area contributed by atoms with E-state index >= 15 is 0 Å². The molecule has 1 amide bonds. The number of para-hydroxylation sites is 1. The van der Waals surface area contributed by atoms with Gasteiger partial charge < -0.3 is 5.32 Å². The van der Waals surface area contributed by atoms with E-state index in [1.807, 2.05) is 25.1 Å². The van der Waals surface area contributed by atoms with Crippen molar-refractivity contribution >= 4 is 28.6 Å². The second-order valence-corrected chi connectivity index (χ2v) is 6.89. The van der Waals surface area contributed by atoms with Crippen LogP contribution >= 0.6 is 11.8 Å². The van der Waals surface area contributed by atoms with Gasteiger partial charge in [-0.2, -0.15) is 0 Å². The molecule has 1 atom stereocenters. The van der Waals surface area contributed by atoms with Crippen LogP contribution in [0, 0.1) is 5.92 Å². The Morgan fingerprint density at radius 1 is 1.43 bits per heavy atom. The van der Waals surface area contributed by atoms with Gasteiger partial charge in [0.2, 0.25) is 5.91 Å². The first-order valence-corrected chi connectivity index (χ1v) is 9.00. The van der Waals surface area contributed by atoms with Gasteiger partial charge in [0.1, 0.15) is 0 Å². The van der Waals surface area contributed by atoms with Crippen molar-refractivity contribution < 1.29 is 4.79 Å². The van der Waals surface area contributed by atoms with Crippen molar-refractivity contribution in [3.05, 3.63) is 34.6 Å². The van der Waals surface area contributed by atoms with Crippen molar-refractivity contribution in [3.8, 4) is 0 Å². The second-order valence-electron chi connectivity index (χ2n) is 5.94. The maximum atomic E-state index is 12.5. The number of amides is 1. The van der Waals surface area contributed by atoms with Crippen LogP contribution in [-0.4, -0.2) is 27.3 Å². The predicted octanol–water partition coefficient (Wildman–Crippen LogP) is 2.42. The third-order valence-electron chi connectivity index (χ3n) is 4.19. The van der Waals surface area contributed by atoms with Crippen LogP contribution in [0.1, 0.15) is 26.7 Å². The summed E-state index contributed by atoms with van der Waals surface area (Å²) in [4.78, 5) is 29.1. The van der Waals surface area contributed by atoms with Crippen LogP contribution in [-0.2, 0) is 11.3 Å². The molecular formula is C17H21N3O2S. The van der Waals surface area contributed by atoms with Crippen LogP contribution in [0.4, 0.5) is 0 Å². The Labute approximate surface area is 139 Å². The molecule has 1 aromatic carbocycles. The maximum absolute atomic E-state index is 12.5. The largest absolute Gasteiger partial charge is 0.353 e. The summed E-state index contributed by atoms with van der Waals surface area (Å²) in [5.74, 6) is 0.915. The Morgan fingerprint density at radius 3 is 2.87 bits per heavy atom. The smallest absolute Gasteiger partial charge is 0.262 e. The quantitative estimate of drug-likeness (QED) is 0.652.